The van der Waals surface area contributed by atoms with Crippen molar-refractivity contribution in [2.75, 3.05) is 12.4 Å². The smallest absolute Gasteiger partial charge is 0.0417 e. The quantitative estimate of drug-likeness (QED) is 0.228. The Morgan fingerprint density at radius 2 is 1.57 bits per heavy atom. The van der Waals surface area contributed by atoms with Gasteiger partial charge in [-0.3, -0.25) is 0 Å². The molecule has 1 N–H and O–H groups in total. The topological polar surface area (TPSA) is 12.0 Å². The van der Waals surface area contributed by atoms with Gasteiger partial charge in [0.2, 0.25) is 0 Å². The summed E-state index contributed by atoms with van der Waals surface area (Å²) in [6, 6.07) is 35.1. The van der Waals surface area contributed by atoms with Gasteiger partial charge in [-0.25, -0.2) is 0 Å². The van der Waals surface area contributed by atoms with E-state index < -0.39 is 0 Å². The molecule has 0 bridgehead atoms. The van der Waals surface area contributed by atoms with E-state index in [2.05, 4.69) is 148 Å². The Labute approximate surface area is 251 Å². The van der Waals surface area contributed by atoms with Crippen molar-refractivity contribution < 1.29 is 0 Å². The van der Waals surface area contributed by atoms with Gasteiger partial charge in [-0.1, -0.05) is 123 Å². The maximum absolute atomic E-state index is 4.05. The molecule has 208 valence electrons. The van der Waals surface area contributed by atoms with Gasteiger partial charge >= 0.3 is 0 Å². The highest BCUT2D eigenvalue weighted by Crippen LogP contribution is 2.53. The van der Waals surface area contributed by atoms with Crippen LogP contribution in [0.5, 0.6) is 0 Å². The molecule has 4 aromatic rings. The van der Waals surface area contributed by atoms with Gasteiger partial charge in [-0.2, -0.15) is 0 Å². The highest BCUT2D eigenvalue weighted by molar-refractivity contribution is 5.97. The van der Waals surface area contributed by atoms with Crippen molar-refractivity contribution in [1.82, 2.24) is 0 Å². The van der Waals surface area contributed by atoms with Gasteiger partial charge in [0.05, 0.1) is 0 Å². The molecule has 0 atom stereocenters. The van der Waals surface area contributed by atoms with Gasteiger partial charge in [0.15, 0.2) is 0 Å². The number of benzene rings is 4. The van der Waals surface area contributed by atoms with Crippen molar-refractivity contribution in [2.24, 2.45) is 0 Å². The number of nitrogens with one attached hydrogen (secondary N) is 1. The van der Waals surface area contributed by atoms with Crippen molar-refractivity contribution in [1.29, 1.82) is 0 Å². The molecule has 0 unspecified atom stereocenters. The second-order valence-electron chi connectivity index (χ2n) is 11.8. The second kappa shape index (κ2) is 11.3. The molecule has 4 aromatic carbocycles. The number of anilines is 1. The SMILES string of the molecule is C=C/C=C(\C=C(/c1ccc2c(c1)C(C)(C)C1=C2C(C)=CCC1)c1cc(-c2ccccc2)ccc1NC)c1ccccc1. The number of hydrogen-bond acceptors (Lipinski definition) is 1. The largest absolute Gasteiger partial charge is 0.388 e. The van der Waals surface area contributed by atoms with E-state index in [1.54, 1.807) is 5.57 Å². The van der Waals surface area contributed by atoms with Crippen LogP contribution in [0.1, 0.15) is 61.4 Å². The lowest BCUT2D eigenvalue weighted by Gasteiger charge is -2.27. The van der Waals surface area contributed by atoms with Crippen LogP contribution in [-0.4, -0.2) is 7.05 Å². The van der Waals surface area contributed by atoms with E-state index in [-0.39, 0.29) is 5.41 Å². The zero-order valence-electron chi connectivity index (χ0n) is 25.2. The predicted octanol–water partition coefficient (Wildman–Crippen LogP) is 10.9. The minimum Gasteiger partial charge on any atom is -0.388 e. The molecular weight excluding hydrogens is 506 g/mol. The Morgan fingerprint density at radius 1 is 0.833 bits per heavy atom. The minimum atomic E-state index is -0.00174. The van der Waals surface area contributed by atoms with E-state index in [1.165, 1.54) is 55.7 Å². The zero-order chi connectivity index (χ0) is 29.3. The van der Waals surface area contributed by atoms with Gasteiger partial charge in [0.25, 0.3) is 0 Å². The molecule has 2 aliphatic carbocycles. The van der Waals surface area contributed by atoms with Crippen LogP contribution in [0.15, 0.2) is 139 Å². The Bertz CT molecular complexity index is 1780. The molecule has 0 radical (unpaired) electrons. The molecule has 0 fully saturated rings. The first-order valence-electron chi connectivity index (χ1n) is 15.0. The molecule has 42 heavy (non-hydrogen) atoms. The predicted molar refractivity (Wildman–Crippen MR) is 182 cm³/mol. The van der Waals surface area contributed by atoms with Crippen LogP contribution in [-0.2, 0) is 5.41 Å². The van der Waals surface area contributed by atoms with Gasteiger partial charge in [0, 0.05) is 23.7 Å². The fourth-order valence-corrected chi connectivity index (χ4v) is 6.76. The van der Waals surface area contributed by atoms with Gasteiger partial charge in [-0.15, -0.1) is 0 Å². The zero-order valence-corrected chi connectivity index (χ0v) is 25.2. The molecule has 0 aliphatic heterocycles. The van der Waals surface area contributed by atoms with Crippen LogP contribution in [0, 0.1) is 0 Å². The van der Waals surface area contributed by atoms with Gasteiger partial charge in [0.1, 0.15) is 0 Å². The fraction of sp³-hybridized carbons (Fsp3) is 0.171. The molecule has 0 spiro atoms. The summed E-state index contributed by atoms with van der Waals surface area (Å²) in [4.78, 5) is 0. The lowest BCUT2D eigenvalue weighted by molar-refractivity contribution is 0.606. The molecular formula is C41H39N. The summed E-state index contributed by atoms with van der Waals surface area (Å²) in [5.74, 6) is 0. The summed E-state index contributed by atoms with van der Waals surface area (Å²) in [5, 5.41) is 3.49. The van der Waals surface area contributed by atoms with Crippen molar-refractivity contribution in [2.45, 2.75) is 39.0 Å². The number of hydrogen-bond donors (Lipinski definition) is 1. The third-order valence-electron chi connectivity index (χ3n) is 8.96. The molecule has 1 nitrogen and oxygen atoms in total. The van der Waals surface area contributed by atoms with E-state index in [0.717, 1.165) is 24.1 Å². The summed E-state index contributed by atoms with van der Waals surface area (Å²) >= 11 is 0. The van der Waals surface area contributed by atoms with Crippen molar-refractivity contribution in [3.63, 3.8) is 0 Å². The Kier molecular flexibility index (Phi) is 7.43. The highest BCUT2D eigenvalue weighted by Gasteiger charge is 2.39. The molecule has 0 saturated heterocycles. The maximum Gasteiger partial charge on any atom is 0.0417 e. The Balaban J connectivity index is 1.59. The van der Waals surface area contributed by atoms with Crippen LogP contribution in [0.25, 0.3) is 27.8 Å². The molecule has 6 rings (SSSR count). The van der Waals surface area contributed by atoms with E-state index in [1.807, 2.05) is 13.1 Å². The molecule has 0 aromatic heterocycles. The first-order chi connectivity index (χ1) is 20.4. The third kappa shape index (κ3) is 4.90. The summed E-state index contributed by atoms with van der Waals surface area (Å²) < 4.78 is 0. The van der Waals surface area contributed by atoms with Gasteiger partial charge < -0.3 is 5.32 Å². The molecule has 2 aliphatic rings. The first-order valence-corrected chi connectivity index (χ1v) is 15.0. The van der Waals surface area contributed by atoms with Crippen LogP contribution in [0.2, 0.25) is 0 Å². The standard InChI is InChI=1S/C41H39N/c1-6-14-31(29-16-9-7-10-17-29)25-35(36-26-32(22-24-39(36)42-5)30-18-11-8-12-19-30)33-21-23-34-38(27-33)41(3,4)37-20-13-15-28(2)40(34)37/h6-12,14-19,21-27,42H,1,13,20H2,2-5H3/b31-14+,35-25+. The summed E-state index contributed by atoms with van der Waals surface area (Å²) in [7, 11) is 2.01. The average molecular weight is 546 g/mol. The number of fused-ring (bicyclic) bond motifs is 2. The van der Waals surface area contributed by atoms with Crippen LogP contribution >= 0.6 is 0 Å². The van der Waals surface area contributed by atoms with Crippen molar-refractivity contribution in [3.05, 3.63) is 167 Å². The van der Waals surface area contributed by atoms with Crippen LogP contribution < -0.4 is 5.32 Å². The molecule has 0 saturated carbocycles. The number of rotatable bonds is 7. The summed E-state index contributed by atoms with van der Waals surface area (Å²) in [5.41, 5.74) is 16.7. The maximum atomic E-state index is 4.05. The highest BCUT2D eigenvalue weighted by atomic mass is 14.8. The van der Waals surface area contributed by atoms with Crippen LogP contribution in [0.3, 0.4) is 0 Å². The lowest BCUT2D eigenvalue weighted by atomic mass is 9.77. The van der Waals surface area contributed by atoms with Crippen molar-refractivity contribution in [3.8, 4) is 11.1 Å². The summed E-state index contributed by atoms with van der Waals surface area (Å²) in [6.07, 6.45) is 11.0. The van der Waals surface area contributed by atoms with Gasteiger partial charge in [-0.05, 0) is 99.7 Å². The molecule has 1 heteroatoms. The van der Waals surface area contributed by atoms with E-state index in [9.17, 15) is 0 Å². The van der Waals surface area contributed by atoms with Crippen molar-refractivity contribution >= 4 is 22.4 Å². The monoisotopic (exact) mass is 545 g/mol. The molecule has 0 amide bonds. The third-order valence-corrected chi connectivity index (χ3v) is 8.96. The number of allylic oxidation sites excluding steroid dienone is 8. The van der Waals surface area contributed by atoms with E-state index >= 15 is 0 Å². The normalized spacial score (nSPS) is 16.0. The fourth-order valence-electron chi connectivity index (χ4n) is 6.76. The average Bonchev–Trinajstić information content (AvgIpc) is 3.26. The second-order valence-corrected chi connectivity index (χ2v) is 11.8. The van der Waals surface area contributed by atoms with Crippen LogP contribution in [0.4, 0.5) is 5.69 Å². The first kappa shape index (κ1) is 27.5. The molecule has 0 heterocycles. The Morgan fingerprint density at radius 3 is 2.29 bits per heavy atom. The van der Waals surface area contributed by atoms with E-state index in [0.29, 0.717) is 0 Å². The summed E-state index contributed by atoms with van der Waals surface area (Å²) in [6.45, 7) is 11.1. The minimum absolute atomic E-state index is 0.00174. The van der Waals surface area contributed by atoms with E-state index in [4.69, 9.17) is 0 Å². The Hall–Kier alpha value is -4.62. The lowest BCUT2D eigenvalue weighted by Crippen LogP contribution is -2.18.